The molecule has 0 fully saturated rings. The number of aromatic hydroxyl groups is 1. The van der Waals surface area contributed by atoms with Crippen molar-refractivity contribution in [2.45, 2.75) is 13.8 Å². The van der Waals surface area contributed by atoms with Crippen molar-refractivity contribution in [1.82, 2.24) is 9.97 Å². The van der Waals surface area contributed by atoms with E-state index in [2.05, 4.69) is 9.97 Å². The maximum atomic E-state index is 9.59. The lowest BCUT2D eigenvalue weighted by Gasteiger charge is -2.02. The zero-order chi connectivity index (χ0) is 11.0. The molecule has 0 spiro atoms. The lowest BCUT2D eigenvalue weighted by molar-refractivity contribution is 0.471. The van der Waals surface area contributed by atoms with Gasteiger partial charge in [0, 0.05) is 11.3 Å². The van der Waals surface area contributed by atoms with Gasteiger partial charge in [-0.3, -0.25) is 0 Å². The van der Waals surface area contributed by atoms with Crippen LogP contribution < -0.4 is 5.73 Å². The van der Waals surface area contributed by atoms with Crippen LogP contribution in [0.15, 0.2) is 18.2 Å². The Morgan fingerprint density at radius 1 is 1.33 bits per heavy atom. The number of nitrogen functional groups attached to an aromatic ring is 1. The van der Waals surface area contributed by atoms with Crippen LogP contribution in [-0.4, -0.2) is 15.1 Å². The molecule has 1 aromatic carbocycles. The van der Waals surface area contributed by atoms with Crippen molar-refractivity contribution in [1.29, 1.82) is 0 Å². The van der Waals surface area contributed by atoms with Crippen molar-refractivity contribution in [3.8, 4) is 17.0 Å². The predicted molar refractivity (Wildman–Crippen MR) is 59.6 cm³/mol. The molecule has 0 radical (unpaired) electrons. The molecule has 4 nitrogen and oxygen atoms in total. The summed E-state index contributed by atoms with van der Waals surface area (Å²) in [5, 5.41) is 9.59. The minimum atomic E-state index is 0.272. The highest BCUT2D eigenvalue weighted by Gasteiger charge is 2.08. The van der Waals surface area contributed by atoms with Crippen LogP contribution in [0.2, 0.25) is 0 Å². The van der Waals surface area contributed by atoms with E-state index in [0.717, 1.165) is 22.5 Å². The van der Waals surface area contributed by atoms with E-state index in [1.54, 1.807) is 6.07 Å². The first-order chi connectivity index (χ1) is 7.08. The first-order valence-electron chi connectivity index (χ1n) is 4.70. The highest BCUT2D eigenvalue weighted by Crippen LogP contribution is 2.27. The summed E-state index contributed by atoms with van der Waals surface area (Å²) in [6.45, 7) is 3.75. The quantitative estimate of drug-likeness (QED) is 0.663. The molecule has 0 unspecified atom stereocenters. The Morgan fingerprint density at radius 3 is 2.60 bits per heavy atom. The van der Waals surface area contributed by atoms with Gasteiger partial charge in [0.05, 0.1) is 5.69 Å². The summed E-state index contributed by atoms with van der Waals surface area (Å²) in [5.74, 6) is 0.663. The van der Waals surface area contributed by atoms with Crippen molar-refractivity contribution in [3.63, 3.8) is 0 Å². The number of hydrogen-bond acceptors (Lipinski definition) is 3. The number of hydrogen-bond donors (Lipinski definition) is 3. The van der Waals surface area contributed by atoms with Crippen LogP contribution >= 0.6 is 0 Å². The lowest BCUT2D eigenvalue weighted by Crippen LogP contribution is -1.85. The fourth-order valence-corrected chi connectivity index (χ4v) is 1.52. The Kier molecular flexibility index (Phi) is 2.11. The SMILES string of the molecule is Cc1ccc(-c2nc(N)[nH]c2C)cc1O. The standard InChI is InChI=1S/C11H13N3O/c1-6-3-4-8(5-9(6)15)10-7(2)13-11(12)14-10/h3-5,15H,1-2H3,(H3,12,13,14). The van der Waals surface area contributed by atoms with Crippen molar-refractivity contribution < 1.29 is 5.11 Å². The topological polar surface area (TPSA) is 74.9 Å². The van der Waals surface area contributed by atoms with E-state index < -0.39 is 0 Å². The molecule has 1 heterocycles. The third kappa shape index (κ3) is 1.66. The number of aryl methyl sites for hydroxylation is 2. The second-order valence-corrected chi connectivity index (χ2v) is 3.60. The monoisotopic (exact) mass is 203 g/mol. The number of imidazole rings is 1. The van der Waals surface area contributed by atoms with Gasteiger partial charge in [-0.05, 0) is 25.5 Å². The fraction of sp³-hybridized carbons (Fsp3) is 0.182. The van der Waals surface area contributed by atoms with Gasteiger partial charge in [-0.2, -0.15) is 0 Å². The molecule has 2 rings (SSSR count). The zero-order valence-corrected chi connectivity index (χ0v) is 8.70. The molecule has 78 valence electrons. The Bertz CT molecular complexity index is 503. The minimum absolute atomic E-state index is 0.272. The van der Waals surface area contributed by atoms with Gasteiger partial charge in [0.25, 0.3) is 0 Å². The summed E-state index contributed by atoms with van der Waals surface area (Å²) < 4.78 is 0. The van der Waals surface area contributed by atoms with Gasteiger partial charge in [-0.1, -0.05) is 12.1 Å². The van der Waals surface area contributed by atoms with E-state index in [-0.39, 0.29) is 5.75 Å². The number of rotatable bonds is 1. The van der Waals surface area contributed by atoms with Gasteiger partial charge >= 0.3 is 0 Å². The van der Waals surface area contributed by atoms with Gasteiger partial charge in [0.1, 0.15) is 5.75 Å². The third-order valence-corrected chi connectivity index (χ3v) is 2.39. The van der Waals surface area contributed by atoms with Crippen molar-refractivity contribution in [3.05, 3.63) is 29.5 Å². The van der Waals surface area contributed by atoms with E-state index in [4.69, 9.17) is 5.73 Å². The molecule has 0 amide bonds. The second-order valence-electron chi connectivity index (χ2n) is 3.60. The molecule has 0 saturated carbocycles. The van der Waals surface area contributed by atoms with Gasteiger partial charge < -0.3 is 15.8 Å². The predicted octanol–water partition coefficient (Wildman–Crippen LogP) is 1.98. The number of phenols is 1. The number of nitrogens with one attached hydrogen (secondary N) is 1. The summed E-state index contributed by atoms with van der Waals surface area (Å²) in [7, 11) is 0. The summed E-state index contributed by atoms with van der Waals surface area (Å²) in [5.41, 5.74) is 8.95. The lowest BCUT2D eigenvalue weighted by atomic mass is 10.1. The van der Waals surface area contributed by atoms with E-state index in [1.165, 1.54) is 0 Å². The number of aromatic nitrogens is 2. The van der Waals surface area contributed by atoms with Crippen molar-refractivity contribution in [2.75, 3.05) is 5.73 Å². The molecule has 4 N–H and O–H groups in total. The molecule has 0 aliphatic heterocycles. The average Bonchev–Trinajstić information content (AvgIpc) is 2.50. The highest BCUT2D eigenvalue weighted by atomic mass is 16.3. The Hall–Kier alpha value is -1.97. The molecule has 0 aliphatic rings. The molecule has 0 atom stereocenters. The normalized spacial score (nSPS) is 10.5. The van der Waals surface area contributed by atoms with Gasteiger partial charge in [0.15, 0.2) is 5.95 Å². The molecular weight excluding hydrogens is 190 g/mol. The first kappa shape index (κ1) is 9.58. The average molecular weight is 203 g/mol. The highest BCUT2D eigenvalue weighted by molar-refractivity contribution is 5.65. The number of benzene rings is 1. The molecule has 0 bridgehead atoms. The minimum Gasteiger partial charge on any atom is -0.508 e. The Labute approximate surface area is 87.8 Å². The fourth-order valence-electron chi connectivity index (χ4n) is 1.52. The summed E-state index contributed by atoms with van der Waals surface area (Å²) in [6.07, 6.45) is 0. The van der Waals surface area contributed by atoms with Crippen LogP contribution in [0.5, 0.6) is 5.75 Å². The smallest absolute Gasteiger partial charge is 0.198 e. The Balaban J connectivity index is 2.54. The summed E-state index contributed by atoms with van der Waals surface area (Å²) in [4.78, 5) is 7.09. The van der Waals surface area contributed by atoms with E-state index in [1.807, 2.05) is 26.0 Å². The van der Waals surface area contributed by atoms with Crippen LogP contribution in [0.25, 0.3) is 11.3 Å². The maximum Gasteiger partial charge on any atom is 0.198 e. The number of nitrogens with zero attached hydrogens (tertiary/aromatic N) is 1. The van der Waals surface area contributed by atoms with Gasteiger partial charge in [-0.15, -0.1) is 0 Å². The summed E-state index contributed by atoms with van der Waals surface area (Å²) in [6, 6.07) is 5.46. The number of nitrogens with two attached hydrogens (primary N) is 1. The molecule has 15 heavy (non-hydrogen) atoms. The van der Waals surface area contributed by atoms with Gasteiger partial charge in [0.2, 0.25) is 0 Å². The van der Waals surface area contributed by atoms with Gasteiger partial charge in [-0.25, -0.2) is 4.98 Å². The van der Waals surface area contributed by atoms with Crippen LogP contribution in [0.3, 0.4) is 0 Å². The number of H-pyrrole nitrogens is 1. The molecule has 4 heteroatoms. The zero-order valence-electron chi connectivity index (χ0n) is 8.70. The second kappa shape index (κ2) is 3.31. The molecule has 2 aromatic rings. The Morgan fingerprint density at radius 2 is 2.07 bits per heavy atom. The van der Waals surface area contributed by atoms with Crippen molar-refractivity contribution in [2.24, 2.45) is 0 Å². The maximum absolute atomic E-state index is 9.59. The van der Waals surface area contributed by atoms with Crippen molar-refractivity contribution >= 4 is 5.95 Å². The van der Waals surface area contributed by atoms with E-state index in [0.29, 0.717) is 5.95 Å². The largest absolute Gasteiger partial charge is 0.508 e. The van der Waals surface area contributed by atoms with Crippen LogP contribution in [0.1, 0.15) is 11.3 Å². The number of phenolic OH excluding ortho intramolecular Hbond substituents is 1. The summed E-state index contributed by atoms with van der Waals surface area (Å²) >= 11 is 0. The number of aromatic amines is 1. The van der Waals surface area contributed by atoms with E-state index >= 15 is 0 Å². The molecule has 1 aromatic heterocycles. The third-order valence-electron chi connectivity index (χ3n) is 2.39. The van der Waals surface area contributed by atoms with E-state index in [9.17, 15) is 5.11 Å². The molecular formula is C11H13N3O. The van der Waals surface area contributed by atoms with Crippen LogP contribution in [-0.2, 0) is 0 Å². The molecule has 0 aliphatic carbocycles. The molecule has 0 saturated heterocycles. The number of anilines is 1. The van der Waals surface area contributed by atoms with Crippen LogP contribution in [0, 0.1) is 13.8 Å². The first-order valence-corrected chi connectivity index (χ1v) is 4.70. The van der Waals surface area contributed by atoms with Crippen LogP contribution in [0.4, 0.5) is 5.95 Å².